The third-order valence-corrected chi connectivity index (χ3v) is 3.23. The van der Waals surface area contributed by atoms with Crippen molar-refractivity contribution in [3.63, 3.8) is 0 Å². The van der Waals surface area contributed by atoms with E-state index in [0.717, 1.165) is 26.1 Å². The zero-order chi connectivity index (χ0) is 12.1. The smallest absolute Gasteiger partial charge is 0.0338 e. The van der Waals surface area contributed by atoms with Crippen LogP contribution in [0.1, 0.15) is 37.4 Å². The van der Waals surface area contributed by atoms with Gasteiger partial charge >= 0.3 is 0 Å². The van der Waals surface area contributed by atoms with Crippen molar-refractivity contribution >= 4 is 0 Å². The van der Waals surface area contributed by atoms with E-state index in [1.807, 2.05) is 0 Å². The lowest BCUT2D eigenvalue weighted by molar-refractivity contribution is 0.521. The minimum atomic E-state index is 0.483. The maximum absolute atomic E-state index is 3.63. The van der Waals surface area contributed by atoms with Gasteiger partial charge in [0.2, 0.25) is 0 Å². The van der Waals surface area contributed by atoms with Crippen LogP contribution in [0.5, 0.6) is 0 Å². The van der Waals surface area contributed by atoms with Crippen LogP contribution in [-0.2, 0) is 6.54 Å². The Morgan fingerprint density at radius 3 is 3.06 bits per heavy atom. The van der Waals surface area contributed by atoms with Crippen LogP contribution < -0.4 is 10.6 Å². The number of fused-ring (bicyclic) bond motifs is 1. The van der Waals surface area contributed by atoms with E-state index in [9.17, 15) is 0 Å². The van der Waals surface area contributed by atoms with E-state index in [2.05, 4.69) is 54.8 Å². The largest absolute Gasteiger partial charge is 0.313 e. The summed E-state index contributed by atoms with van der Waals surface area (Å²) in [5.41, 5.74) is 4.26. The minimum Gasteiger partial charge on any atom is -0.313 e. The molecule has 2 nitrogen and oxygen atoms in total. The molecule has 17 heavy (non-hydrogen) atoms. The first-order chi connectivity index (χ1) is 8.27. The predicted molar refractivity (Wildman–Crippen MR) is 72.9 cm³/mol. The molecule has 92 valence electrons. The number of hydrogen-bond acceptors (Lipinski definition) is 2. The minimum absolute atomic E-state index is 0.483. The van der Waals surface area contributed by atoms with Crippen molar-refractivity contribution in [2.24, 2.45) is 0 Å². The van der Waals surface area contributed by atoms with E-state index in [-0.39, 0.29) is 0 Å². The van der Waals surface area contributed by atoms with Crippen molar-refractivity contribution in [1.29, 1.82) is 0 Å². The molecule has 0 spiro atoms. The summed E-state index contributed by atoms with van der Waals surface area (Å²) in [7, 11) is 0. The van der Waals surface area contributed by atoms with Crippen molar-refractivity contribution < 1.29 is 0 Å². The van der Waals surface area contributed by atoms with Gasteiger partial charge in [-0.05, 0) is 37.9 Å². The van der Waals surface area contributed by atoms with E-state index in [4.69, 9.17) is 0 Å². The van der Waals surface area contributed by atoms with E-state index in [1.54, 1.807) is 0 Å². The quantitative estimate of drug-likeness (QED) is 0.780. The average Bonchev–Trinajstić information content (AvgIpc) is 2.52. The number of allylic oxidation sites excluding steroid dienone is 1. The van der Waals surface area contributed by atoms with Gasteiger partial charge in [0.15, 0.2) is 0 Å². The molecule has 2 rings (SSSR count). The van der Waals surface area contributed by atoms with Crippen LogP contribution in [0.4, 0.5) is 0 Å². The van der Waals surface area contributed by atoms with Gasteiger partial charge in [-0.1, -0.05) is 35.9 Å². The van der Waals surface area contributed by atoms with Crippen molar-refractivity contribution in [2.75, 3.05) is 13.1 Å². The molecule has 0 saturated heterocycles. The van der Waals surface area contributed by atoms with Gasteiger partial charge in [-0.15, -0.1) is 0 Å². The first-order valence-electron chi connectivity index (χ1n) is 6.42. The molecule has 1 unspecified atom stereocenters. The van der Waals surface area contributed by atoms with Gasteiger partial charge in [0.25, 0.3) is 0 Å². The molecule has 1 aliphatic heterocycles. The van der Waals surface area contributed by atoms with Gasteiger partial charge in [-0.2, -0.15) is 0 Å². The molecular weight excluding hydrogens is 208 g/mol. The van der Waals surface area contributed by atoms with Crippen LogP contribution in [0.3, 0.4) is 0 Å². The fourth-order valence-corrected chi connectivity index (χ4v) is 2.28. The van der Waals surface area contributed by atoms with E-state index in [0.29, 0.717) is 6.04 Å². The lowest BCUT2D eigenvalue weighted by atomic mass is 9.99. The Labute approximate surface area is 104 Å². The van der Waals surface area contributed by atoms with Crippen molar-refractivity contribution in [1.82, 2.24) is 10.6 Å². The summed E-state index contributed by atoms with van der Waals surface area (Å²) in [6, 6.07) is 9.22. The van der Waals surface area contributed by atoms with Gasteiger partial charge in [-0.3, -0.25) is 0 Å². The number of hydrogen-bond donors (Lipinski definition) is 2. The lowest BCUT2D eigenvalue weighted by Gasteiger charge is -2.18. The molecule has 0 fully saturated rings. The van der Waals surface area contributed by atoms with Gasteiger partial charge in [0.05, 0.1) is 0 Å². The van der Waals surface area contributed by atoms with Gasteiger partial charge in [0, 0.05) is 19.1 Å². The third kappa shape index (κ3) is 3.42. The van der Waals surface area contributed by atoms with Crippen LogP contribution >= 0.6 is 0 Å². The number of benzene rings is 1. The predicted octanol–water partition coefficient (Wildman–Crippen LogP) is 2.78. The molecule has 1 aromatic rings. The lowest BCUT2D eigenvalue weighted by Crippen LogP contribution is -2.23. The maximum atomic E-state index is 3.63. The van der Waals surface area contributed by atoms with Crippen LogP contribution in [0.2, 0.25) is 0 Å². The molecule has 1 aromatic carbocycles. The first kappa shape index (κ1) is 12.3. The SMILES string of the molecule is CC(C)=CCNC1CCNCc2ccccc21. The summed E-state index contributed by atoms with van der Waals surface area (Å²) in [4.78, 5) is 0. The molecule has 2 heteroatoms. The number of rotatable bonds is 3. The normalized spacial score (nSPS) is 19.3. The molecule has 0 saturated carbocycles. The number of nitrogens with one attached hydrogen (secondary N) is 2. The van der Waals surface area contributed by atoms with E-state index in [1.165, 1.54) is 16.7 Å². The van der Waals surface area contributed by atoms with Crippen LogP contribution in [-0.4, -0.2) is 13.1 Å². The molecule has 0 aromatic heterocycles. The highest BCUT2D eigenvalue weighted by Crippen LogP contribution is 2.23. The highest BCUT2D eigenvalue weighted by molar-refractivity contribution is 5.31. The second-order valence-electron chi connectivity index (χ2n) is 4.91. The Morgan fingerprint density at radius 2 is 2.24 bits per heavy atom. The monoisotopic (exact) mass is 230 g/mol. The van der Waals surface area contributed by atoms with E-state index < -0.39 is 0 Å². The highest BCUT2D eigenvalue weighted by atomic mass is 14.9. The fraction of sp³-hybridized carbons (Fsp3) is 0.467. The van der Waals surface area contributed by atoms with Gasteiger partial charge in [-0.25, -0.2) is 0 Å². The molecule has 2 N–H and O–H groups in total. The second kappa shape index (κ2) is 5.99. The standard InChI is InChI=1S/C15H22N2/c1-12(2)7-10-17-15-8-9-16-11-13-5-3-4-6-14(13)15/h3-7,15-17H,8-11H2,1-2H3. The molecule has 0 aliphatic carbocycles. The van der Waals surface area contributed by atoms with Crippen LogP contribution in [0.15, 0.2) is 35.9 Å². The summed E-state index contributed by atoms with van der Waals surface area (Å²) < 4.78 is 0. The fourth-order valence-electron chi connectivity index (χ4n) is 2.28. The van der Waals surface area contributed by atoms with Crippen LogP contribution in [0.25, 0.3) is 0 Å². The third-order valence-electron chi connectivity index (χ3n) is 3.23. The zero-order valence-corrected chi connectivity index (χ0v) is 10.8. The molecular formula is C15H22N2. The summed E-state index contributed by atoms with van der Waals surface area (Å²) in [6.45, 7) is 7.33. The summed E-state index contributed by atoms with van der Waals surface area (Å²) in [5.74, 6) is 0. The molecule has 0 amide bonds. The van der Waals surface area contributed by atoms with E-state index >= 15 is 0 Å². The van der Waals surface area contributed by atoms with Gasteiger partial charge in [0.1, 0.15) is 0 Å². The van der Waals surface area contributed by atoms with Gasteiger partial charge < -0.3 is 10.6 Å². The van der Waals surface area contributed by atoms with Crippen molar-refractivity contribution in [3.05, 3.63) is 47.0 Å². The Balaban J connectivity index is 2.09. The molecule has 1 atom stereocenters. The van der Waals surface area contributed by atoms with Crippen LogP contribution in [0, 0.1) is 0 Å². The molecule has 1 heterocycles. The molecule has 1 aliphatic rings. The van der Waals surface area contributed by atoms with Crippen molar-refractivity contribution in [3.8, 4) is 0 Å². The molecule has 0 radical (unpaired) electrons. The Kier molecular flexibility index (Phi) is 4.35. The second-order valence-corrected chi connectivity index (χ2v) is 4.91. The van der Waals surface area contributed by atoms with Crippen molar-refractivity contribution in [2.45, 2.75) is 32.9 Å². The average molecular weight is 230 g/mol. The summed E-state index contributed by atoms with van der Waals surface area (Å²) in [6.07, 6.45) is 3.41. The Morgan fingerprint density at radius 1 is 1.41 bits per heavy atom. The molecule has 0 bridgehead atoms. The highest BCUT2D eigenvalue weighted by Gasteiger charge is 2.16. The first-order valence-corrected chi connectivity index (χ1v) is 6.42. The summed E-state index contributed by atoms with van der Waals surface area (Å²) in [5, 5.41) is 7.11. The zero-order valence-electron chi connectivity index (χ0n) is 10.8. The maximum Gasteiger partial charge on any atom is 0.0338 e. The Bertz CT molecular complexity index is 392. The summed E-state index contributed by atoms with van der Waals surface area (Å²) >= 11 is 0. The Hall–Kier alpha value is -1.12. The topological polar surface area (TPSA) is 24.1 Å².